The van der Waals surface area contributed by atoms with Gasteiger partial charge in [-0.1, -0.05) is 67.1 Å². The number of carboxylic acid groups (broad SMARTS) is 1. The second kappa shape index (κ2) is 8.66. The molecule has 3 aromatic carbocycles. The molecule has 3 aromatic rings. The van der Waals surface area contributed by atoms with Crippen molar-refractivity contribution in [1.82, 2.24) is 4.90 Å². The van der Waals surface area contributed by atoms with Gasteiger partial charge in [0.1, 0.15) is 11.8 Å². The zero-order valence-electron chi connectivity index (χ0n) is 16.8. The molecule has 0 bridgehead atoms. The van der Waals surface area contributed by atoms with Crippen LogP contribution in [0, 0.1) is 0 Å². The number of piperidine rings is 1. The van der Waals surface area contributed by atoms with Crippen molar-refractivity contribution in [1.29, 1.82) is 0 Å². The molecule has 0 amide bonds. The number of hydrogen-bond acceptors (Lipinski definition) is 3. The number of para-hydroxylation sites is 1. The van der Waals surface area contributed by atoms with Crippen LogP contribution in [0.4, 0.5) is 0 Å². The lowest BCUT2D eigenvalue weighted by Crippen LogP contribution is -2.47. The molecule has 0 spiro atoms. The summed E-state index contributed by atoms with van der Waals surface area (Å²) in [5.41, 5.74) is 2.15. The number of carbonyl (C=O) groups is 1. The van der Waals surface area contributed by atoms with Crippen LogP contribution in [0.15, 0.2) is 66.7 Å². The monoisotopic (exact) mass is 389 g/mol. The Balaban J connectivity index is 1.93. The Morgan fingerprint density at radius 2 is 1.76 bits per heavy atom. The lowest BCUT2D eigenvalue weighted by molar-refractivity contribution is -0.145. The molecule has 4 rings (SSSR count). The van der Waals surface area contributed by atoms with Crippen LogP contribution < -0.4 is 4.74 Å². The van der Waals surface area contributed by atoms with E-state index in [4.69, 9.17) is 4.74 Å². The Hall–Kier alpha value is -2.85. The van der Waals surface area contributed by atoms with Crippen molar-refractivity contribution in [3.8, 4) is 5.75 Å². The molecule has 1 saturated heterocycles. The number of aliphatic carboxylic acids is 1. The third kappa shape index (κ3) is 3.85. The molecule has 0 saturated carbocycles. The molecule has 0 aromatic heterocycles. The highest BCUT2D eigenvalue weighted by molar-refractivity contribution is 5.86. The summed E-state index contributed by atoms with van der Waals surface area (Å²) in [5, 5.41) is 12.3. The van der Waals surface area contributed by atoms with Gasteiger partial charge in [0.25, 0.3) is 0 Å². The Kier molecular flexibility index (Phi) is 5.81. The van der Waals surface area contributed by atoms with Gasteiger partial charge in [0.05, 0.1) is 12.6 Å². The van der Waals surface area contributed by atoms with Crippen molar-refractivity contribution < 1.29 is 14.6 Å². The minimum Gasteiger partial charge on any atom is -0.494 e. The molecule has 1 heterocycles. The van der Waals surface area contributed by atoms with Gasteiger partial charge in [-0.15, -0.1) is 0 Å². The number of likely N-dealkylation sites (tertiary alicyclic amines) is 1. The second-order valence-electron chi connectivity index (χ2n) is 7.53. The maximum Gasteiger partial charge on any atom is 0.320 e. The van der Waals surface area contributed by atoms with Crippen molar-refractivity contribution >= 4 is 16.7 Å². The van der Waals surface area contributed by atoms with E-state index in [1.165, 1.54) is 0 Å². The number of benzene rings is 3. The van der Waals surface area contributed by atoms with E-state index in [1.807, 2.05) is 37.3 Å². The van der Waals surface area contributed by atoms with Gasteiger partial charge in [-0.25, -0.2) is 0 Å². The predicted octanol–water partition coefficient (Wildman–Crippen LogP) is 5.27. The minimum absolute atomic E-state index is 0.176. The summed E-state index contributed by atoms with van der Waals surface area (Å²) in [5.74, 6) is 0.0754. The fourth-order valence-corrected chi connectivity index (χ4v) is 4.54. The topological polar surface area (TPSA) is 49.8 Å². The first-order valence-corrected chi connectivity index (χ1v) is 10.4. The first kappa shape index (κ1) is 19.5. The van der Waals surface area contributed by atoms with E-state index in [1.54, 1.807) is 0 Å². The van der Waals surface area contributed by atoms with E-state index >= 15 is 0 Å². The molecule has 0 radical (unpaired) electrons. The summed E-state index contributed by atoms with van der Waals surface area (Å²) < 4.78 is 5.96. The highest BCUT2D eigenvalue weighted by Gasteiger charge is 2.36. The second-order valence-corrected chi connectivity index (χ2v) is 7.53. The SMILES string of the molecule is CCOc1ccccc1C(c1cccc2ccccc12)N1CCCCC1C(=O)O. The maximum atomic E-state index is 12.1. The van der Waals surface area contributed by atoms with Crippen LogP contribution in [0.3, 0.4) is 0 Å². The van der Waals surface area contributed by atoms with Crippen LogP contribution in [0.2, 0.25) is 0 Å². The average molecular weight is 389 g/mol. The fraction of sp³-hybridized carbons (Fsp3) is 0.320. The van der Waals surface area contributed by atoms with E-state index in [0.717, 1.165) is 47.0 Å². The van der Waals surface area contributed by atoms with Crippen LogP contribution in [0.1, 0.15) is 43.4 Å². The largest absolute Gasteiger partial charge is 0.494 e. The molecule has 29 heavy (non-hydrogen) atoms. The first-order chi connectivity index (χ1) is 14.2. The zero-order valence-corrected chi connectivity index (χ0v) is 16.8. The standard InChI is InChI=1S/C25H27NO3/c1-2-29-23-16-6-5-13-21(23)24(26-17-8-7-15-22(26)25(27)28)20-14-9-11-18-10-3-4-12-19(18)20/h3-6,9-14,16,22,24H,2,7-8,15,17H2,1H3,(H,27,28). The van der Waals surface area contributed by atoms with Gasteiger partial charge in [-0.05, 0) is 48.7 Å². The van der Waals surface area contributed by atoms with Gasteiger partial charge in [0.2, 0.25) is 0 Å². The normalized spacial score (nSPS) is 18.4. The highest BCUT2D eigenvalue weighted by Crippen LogP contribution is 2.40. The van der Waals surface area contributed by atoms with Gasteiger partial charge in [-0.2, -0.15) is 0 Å². The molecule has 2 unspecified atom stereocenters. The van der Waals surface area contributed by atoms with Crippen molar-refractivity contribution in [3.63, 3.8) is 0 Å². The van der Waals surface area contributed by atoms with Crippen molar-refractivity contribution in [2.24, 2.45) is 0 Å². The first-order valence-electron chi connectivity index (χ1n) is 10.4. The number of nitrogens with zero attached hydrogens (tertiary/aromatic N) is 1. The summed E-state index contributed by atoms with van der Waals surface area (Å²) in [6, 6.07) is 22.0. The number of carboxylic acids is 1. The molecule has 1 aliphatic rings. The number of fused-ring (bicyclic) bond motifs is 1. The third-order valence-corrected chi connectivity index (χ3v) is 5.79. The molecule has 150 valence electrons. The van der Waals surface area contributed by atoms with Gasteiger partial charge in [-0.3, -0.25) is 9.69 Å². The average Bonchev–Trinajstić information content (AvgIpc) is 2.76. The molecule has 0 aliphatic carbocycles. The van der Waals surface area contributed by atoms with Crippen LogP contribution in [-0.2, 0) is 4.79 Å². The molecule has 1 N–H and O–H groups in total. The van der Waals surface area contributed by atoms with Crippen LogP contribution in [-0.4, -0.2) is 35.2 Å². The summed E-state index contributed by atoms with van der Waals surface area (Å²) in [6.45, 7) is 3.30. The minimum atomic E-state index is -0.746. The van der Waals surface area contributed by atoms with E-state index in [0.29, 0.717) is 13.0 Å². The summed E-state index contributed by atoms with van der Waals surface area (Å²) in [6.07, 6.45) is 2.62. The van der Waals surface area contributed by atoms with Gasteiger partial charge in [0.15, 0.2) is 0 Å². The summed E-state index contributed by atoms with van der Waals surface area (Å²) in [7, 11) is 0. The molecular formula is C25H27NO3. The maximum absolute atomic E-state index is 12.1. The quantitative estimate of drug-likeness (QED) is 0.624. The van der Waals surface area contributed by atoms with E-state index in [2.05, 4.69) is 41.3 Å². The van der Waals surface area contributed by atoms with Crippen LogP contribution in [0.5, 0.6) is 5.75 Å². The smallest absolute Gasteiger partial charge is 0.320 e. The third-order valence-electron chi connectivity index (χ3n) is 5.79. The Labute approximate surface area is 171 Å². The predicted molar refractivity (Wildman–Crippen MR) is 115 cm³/mol. The molecular weight excluding hydrogens is 362 g/mol. The molecule has 1 fully saturated rings. The van der Waals surface area contributed by atoms with E-state index in [-0.39, 0.29) is 6.04 Å². The molecule has 1 aliphatic heterocycles. The van der Waals surface area contributed by atoms with Gasteiger partial charge in [0, 0.05) is 5.56 Å². The van der Waals surface area contributed by atoms with Gasteiger partial charge < -0.3 is 9.84 Å². The summed E-state index contributed by atoms with van der Waals surface area (Å²) in [4.78, 5) is 14.3. The lowest BCUT2D eigenvalue weighted by atomic mass is 9.88. The Bertz CT molecular complexity index is 995. The number of hydrogen-bond donors (Lipinski definition) is 1. The number of rotatable bonds is 6. The lowest BCUT2D eigenvalue weighted by Gasteiger charge is -2.40. The van der Waals surface area contributed by atoms with E-state index in [9.17, 15) is 9.90 Å². The van der Waals surface area contributed by atoms with Crippen LogP contribution in [0.25, 0.3) is 10.8 Å². The van der Waals surface area contributed by atoms with Crippen molar-refractivity contribution in [2.75, 3.05) is 13.2 Å². The molecule has 2 atom stereocenters. The number of ether oxygens (including phenoxy) is 1. The van der Waals surface area contributed by atoms with Crippen molar-refractivity contribution in [2.45, 2.75) is 38.3 Å². The zero-order chi connectivity index (χ0) is 20.2. The fourth-order valence-electron chi connectivity index (χ4n) is 4.54. The molecule has 4 heteroatoms. The Morgan fingerprint density at radius 1 is 1.03 bits per heavy atom. The highest BCUT2D eigenvalue weighted by atomic mass is 16.5. The Morgan fingerprint density at radius 3 is 2.59 bits per heavy atom. The molecule has 4 nitrogen and oxygen atoms in total. The summed E-state index contributed by atoms with van der Waals surface area (Å²) >= 11 is 0. The van der Waals surface area contributed by atoms with E-state index < -0.39 is 12.0 Å². The van der Waals surface area contributed by atoms with Crippen molar-refractivity contribution in [3.05, 3.63) is 77.9 Å². The van der Waals surface area contributed by atoms with Crippen LogP contribution >= 0.6 is 0 Å². The van der Waals surface area contributed by atoms with Gasteiger partial charge >= 0.3 is 5.97 Å².